The summed E-state index contributed by atoms with van der Waals surface area (Å²) in [6.07, 6.45) is 0. The van der Waals surface area contributed by atoms with Crippen molar-refractivity contribution in [3.63, 3.8) is 0 Å². The van der Waals surface area contributed by atoms with Crippen molar-refractivity contribution in [3.8, 4) is 0 Å². The Morgan fingerprint density at radius 1 is 1.17 bits per heavy atom. The molecule has 0 aliphatic heterocycles. The molecule has 0 amide bonds. The fraction of sp³-hybridized carbons (Fsp3) is 0.929. The van der Waals surface area contributed by atoms with Gasteiger partial charge in [0.2, 0.25) is 0 Å². The van der Waals surface area contributed by atoms with E-state index in [-0.39, 0.29) is 5.54 Å². The number of nitrogens with zero attached hydrogens (tertiary/aromatic N) is 1. The molecule has 4 nitrogen and oxygen atoms in total. The smallest absolute Gasteiger partial charge is 0.191 e. The van der Waals surface area contributed by atoms with Crippen LogP contribution in [-0.2, 0) is 0 Å². The van der Waals surface area contributed by atoms with Crippen LogP contribution in [-0.4, -0.2) is 37.2 Å². The van der Waals surface area contributed by atoms with Gasteiger partial charge in [-0.25, -0.2) is 0 Å². The molecule has 0 aromatic carbocycles. The third-order valence-electron chi connectivity index (χ3n) is 2.75. The molecule has 0 rings (SSSR count). The van der Waals surface area contributed by atoms with Crippen molar-refractivity contribution in [2.24, 2.45) is 10.9 Å². The highest BCUT2D eigenvalue weighted by Gasteiger charge is 2.09. The lowest BCUT2D eigenvalue weighted by atomic mass is 10.1. The Hall–Kier alpha value is -0.770. The van der Waals surface area contributed by atoms with E-state index in [4.69, 9.17) is 0 Å². The Labute approximate surface area is 113 Å². The average molecular weight is 256 g/mol. The standard InChI is InChI=1S/C14H32N4/c1-8-15-13(18-12(4)11(2)3)16-9-10-17-14(5,6)7/h11-12,17H,8-10H2,1-7H3,(H2,15,16,18). The second kappa shape index (κ2) is 8.35. The van der Waals surface area contributed by atoms with Gasteiger partial charge >= 0.3 is 0 Å². The van der Waals surface area contributed by atoms with Gasteiger partial charge in [-0.15, -0.1) is 0 Å². The second-order valence-electron chi connectivity index (χ2n) is 6.11. The highest BCUT2D eigenvalue weighted by molar-refractivity contribution is 5.80. The van der Waals surface area contributed by atoms with E-state index < -0.39 is 0 Å². The van der Waals surface area contributed by atoms with Crippen LogP contribution in [0.4, 0.5) is 0 Å². The van der Waals surface area contributed by atoms with Gasteiger partial charge in [0.1, 0.15) is 0 Å². The van der Waals surface area contributed by atoms with E-state index in [9.17, 15) is 0 Å². The minimum Gasteiger partial charge on any atom is -0.357 e. The number of aliphatic imine (C=N–C) groups is 1. The van der Waals surface area contributed by atoms with Gasteiger partial charge in [-0.1, -0.05) is 13.8 Å². The molecule has 108 valence electrons. The third-order valence-corrected chi connectivity index (χ3v) is 2.75. The van der Waals surface area contributed by atoms with Crippen LogP contribution >= 0.6 is 0 Å². The highest BCUT2D eigenvalue weighted by atomic mass is 15.2. The molecule has 3 N–H and O–H groups in total. The first-order valence-corrected chi connectivity index (χ1v) is 7.06. The molecule has 0 aromatic rings. The number of rotatable bonds is 6. The lowest BCUT2D eigenvalue weighted by Gasteiger charge is -2.22. The highest BCUT2D eigenvalue weighted by Crippen LogP contribution is 1.99. The summed E-state index contributed by atoms with van der Waals surface area (Å²) in [6.45, 7) is 17.8. The van der Waals surface area contributed by atoms with Crippen LogP contribution < -0.4 is 16.0 Å². The molecule has 0 fully saturated rings. The van der Waals surface area contributed by atoms with Crippen molar-refractivity contribution in [2.75, 3.05) is 19.6 Å². The number of hydrogen-bond donors (Lipinski definition) is 3. The SMILES string of the molecule is CCNC(=NCCNC(C)(C)C)NC(C)C(C)C. The Morgan fingerprint density at radius 2 is 1.78 bits per heavy atom. The lowest BCUT2D eigenvalue weighted by molar-refractivity contribution is 0.432. The second-order valence-corrected chi connectivity index (χ2v) is 6.11. The lowest BCUT2D eigenvalue weighted by Crippen LogP contribution is -2.45. The summed E-state index contributed by atoms with van der Waals surface area (Å²) in [5.74, 6) is 1.51. The van der Waals surface area contributed by atoms with E-state index in [0.717, 1.165) is 25.6 Å². The Morgan fingerprint density at radius 3 is 2.22 bits per heavy atom. The van der Waals surface area contributed by atoms with Crippen LogP contribution in [0.15, 0.2) is 4.99 Å². The maximum atomic E-state index is 4.57. The Bertz CT molecular complexity index is 241. The van der Waals surface area contributed by atoms with Gasteiger partial charge in [0.15, 0.2) is 5.96 Å². The molecule has 0 aliphatic rings. The summed E-state index contributed by atoms with van der Waals surface area (Å²) < 4.78 is 0. The van der Waals surface area contributed by atoms with E-state index in [2.05, 4.69) is 69.4 Å². The van der Waals surface area contributed by atoms with Crippen molar-refractivity contribution >= 4 is 5.96 Å². The van der Waals surface area contributed by atoms with Crippen LogP contribution in [0.25, 0.3) is 0 Å². The summed E-state index contributed by atoms with van der Waals surface area (Å²) in [7, 11) is 0. The zero-order valence-corrected chi connectivity index (χ0v) is 13.2. The molecule has 0 saturated heterocycles. The van der Waals surface area contributed by atoms with Gasteiger partial charge in [0.05, 0.1) is 6.54 Å². The van der Waals surface area contributed by atoms with E-state index in [1.807, 2.05) is 0 Å². The molecular weight excluding hydrogens is 224 g/mol. The maximum absolute atomic E-state index is 4.57. The van der Waals surface area contributed by atoms with Gasteiger partial charge in [0, 0.05) is 24.7 Å². The van der Waals surface area contributed by atoms with Crippen molar-refractivity contribution in [1.82, 2.24) is 16.0 Å². The first-order chi connectivity index (χ1) is 8.26. The van der Waals surface area contributed by atoms with Crippen molar-refractivity contribution < 1.29 is 0 Å². The topological polar surface area (TPSA) is 48.5 Å². The summed E-state index contributed by atoms with van der Waals surface area (Å²) in [6, 6.07) is 0.429. The van der Waals surface area contributed by atoms with Crippen LogP contribution in [0.1, 0.15) is 48.5 Å². The van der Waals surface area contributed by atoms with Gasteiger partial charge < -0.3 is 16.0 Å². The van der Waals surface area contributed by atoms with E-state index in [0.29, 0.717) is 12.0 Å². The molecular formula is C14H32N4. The first-order valence-electron chi connectivity index (χ1n) is 7.06. The quantitative estimate of drug-likeness (QED) is 0.387. The van der Waals surface area contributed by atoms with Crippen LogP contribution in [0, 0.1) is 5.92 Å². The molecule has 0 heterocycles. The van der Waals surface area contributed by atoms with E-state index in [1.165, 1.54) is 0 Å². The number of guanidine groups is 1. The summed E-state index contributed by atoms with van der Waals surface area (Å²) in [5, 5.41) is 10.1. The molecule has 0 radical (unpaired) electrons. The summed E-state index contributed by atoms with van der Waals surface area (Å²) >= 11 is 0. The average Bonchev–Trinajstić information content (AvgIpc) is 2.22. The Balaban J connectivity index is 4.15. The fourth-order valence-corrected chi connectivity index (χ4v) is 1.30. The molecule has 0 saturated carbocycles. The first kappa shape index (κ1) is 17.2. The van der Waals surface area contributed by atoms with Crippen LogP contribution in [0.3, 0.4) is 0 Å². The van der Waals surface area contributed by atoms with Crippen LogP contribution in [0.2, 0.25) is 0 Å². The van der Waals surface area contributed by atoms with Gasteiger partial charge in [-0.3, -0.25) is 4.99 Å². The molecule has 1 unspecified atom stereocenters. The third kappa shape index (κ3) is 9.28. The zero-order chi connectivity index (χ0) is 14.2. The van der Waals surface area contributed by atoms with Crippen molar-refractivity contribution in [1.29, 1.82) is 0 Å². The molecule has 4 heteroatoms. The molecule has 1 atom stereocenters. The largest absolute Gasteiger partial charge is 0.357 e. The molecule has 0 aromatic heterocycles. The van der Waals surface area contributed by atoms with Crippen molar-refractivity contribution in [3.05, 3.63) is 0 Å². The zero-order valence-electron chi connectivity index (χ0n) is 13.2. The normalized spacial score (nSPS) is 14.8. The van der Waals surface area contributed by atoms with Gasteiger partial charge in [-0.05, 0) is 40.5 Å². The van der Waals surface area contributed by atoms with E-state index >= 15 is 0 Å². The monoisotopic (exact) mass is 256 g/mol. The minimum atomic E-state index is 0.159. The maximum Gasteiger partial charge on any atom is 0.191 e. The van der Waals surface area contributed by atoms with Crippen molar-refractivity contribution in [2.45, 2.75) is 60.0 Å². The summed E-state index contributed by atoms with van der Waals surface area (Å²) in [5.41, 5.74) is 0.159. The molecule has 0 bridgehead atoms. The number of nitrogens with one attached hydrogen (secondary N) is 3. The minimum absolute atomic E-state index is 0.159. The van der Waals surface area contributed by atoms with Crippen LogP contribution in [0.5, 0.6) is 0 Å². The van der Waals surface area contributed by atoms with Gasteiger partial charge in [0.25, 0.3) is 0 Å². The molecule has 0 spiro atoms. The number of hydrogen-bond acceptors (Lipinski definition) is 2. The predicted molar refractivity (Wildman–Crippen MR) is 81.2 cm³/mol. The predicted octanol–water partition coefficient (Wildman–Crippen LogP) is 1.97. The summed E-state index contributed by atoms with van der Waals surface area (Å²) in [4.78, 5) is 4.57. The fourth-order valence-electron chi connectivity index (χ4n) is 1.30. The molecule has 0 aliphatic carbocycles. The van der Waals surface area contributed by atoms with Gasteiger partial charge in [-0.2, -0.15) is 0 Å². The van der Waals surface area contributed by atoms with E-state index in [1.54, 1.807) is 0 Å². The Kier molecular flexibility index (Phi) is 8.00. The molecule has 18 heavy (non-hydrogen) atoms.